The van der Waals surface area contributed by atoms with E-state index in [-0.39, 0.29) is 23.8 Å². The molecule has 1 atom stereocenters. The van der Waals surface area contributed by atoms with Gasteiger partial charge < -0.3 is 10.4 Å². The topological polar surface area (TPSA) is 92.9 Å². The van der Waals surface area contributed by atoms with Crippen LogP contribution in [0.5, 0.6) is 0 Å². The lowest BCUT2D eigenvalue weighted by Crippen LogP contribution is -2.36. The fourth-order valence-electron chi connectivity index (χ4n) is 3.28. The summed E-state index contributed by atoms with van der Waals surface area (Å²) in [4.78, 5) is 21.3. The number of anilines is 1. The number of ketones is 1. The Morgan fingerprint density at radius 2 is 2.23 bits per heavy atom. The van der Waals surface area contributed by atoms with Crippen molar-refractivity contribution >= 4 is 22.9 Å². The molecule has 1 fully saturated rings. The third kappa shape index (κ3) is 3.25. The van der Waals surface area contributed by atoms with Crippen LogP contribution in [0.2, 0.25) is 0 Å². The van der Waals surface area contributed by atoms with Crippen molar-refractivity contribution in [1.29, 1.82) is 0 Å². The van der Waals surface area contributed by atoms with Gasteiger partial charge in [0.05, 0.1) is 23.9 Å². The summed E-state index contributed by atoms with van der Waals surface area (Å²) in [5, 5.41) is 19.6. The van der Waals surface area contributed by atoms with Crippen LogP contribution in [0.4, 0.5) is 5.82 Å². The number of aliphatic hydroxyl groups excluding tert-OH is 1. The van der Waals surface area contributed by atoms with Crippen molar-refractivity contribution in [1.82, 2.24) is 19.7 Å². The highest BCUT2D eigenvalue weighted by Gasteiger charge is 2.36. The Morgan fingerprint density at radius 3 is 2.88 bits per heavy atom. The van der Waals surface area contributed by atoms with Crippen molar-refractivity contribution < 1.29 is 9.90 Å². The second-order valence-electron chi connectivity index (χ2n) is 6.52. The zero-order chi connectivity index (χ0) is 18.1. The highest BCUT2D eigenvalue weighted by atomic mass is 32.1. The molecule has 1 saturated carbocycles. The maximum atomic E-state index is 12.8. The van der Waals surface area contributed by atoms with Crippen molar-refractivity contribution in [3.8, 4) is 0 Å². The molecule has 0 unspecified atom stereocenters. The van der Waals surface area contributed by atoms with E-state index >= 15 is 0 Å². The maximum absolute atomic E-state index is 12.8. The van der Waals surface area contributed by atoms with Crippen molar-refractivity contribution in [3.63, 3.8) is 0 Å². The predicted molar refractivity (Wildman–Crippen MR) is 98.1 cm³/mol. The molecule has 26 heavy (non-hydrogen) atoms. The van der Waals surface area contributed by atoms with Gasteiger partial charge in [-0.3, -0.25) is 9.48 Å². The van der Waals surface area contributed by atoms with E-state index in [1.54, 1.807) is 34.6 Å². The lowest BCUT2D eigenvalue weighted by atomic mass is 9.75. The number of nitrogens with one attached hydrogen (secondary N) is 1. The molecule has 2 N–H and O–H groups in total. The first-order chi connectivity index (χ1) is 12.6. The monoisotopic (exact) mass is 369 g/mol. The summed E-state index contributed by atoms with van der Waals surface area (Å²) < 4.78 is 1.75. The number of aromatic nitrogens is 4. The van der Waals surface area contributed by atoms with Crippen molar-refractivity contribution in [2.24, 2.45) is 13.0 Å². The van der Waals surface area contributed by atoms with Crippen molar-refractivity contribution in [3.05, 3.63) is 58.4 Å². The number of pyridine rings is 1. The lowest BCUT2D eigenvalue weighted by molar-refractivity contribution is 0.0339. The molecular weight excluding hydrogens is 350 g/mol. The first-order valence-corrected chi connectivity index (χ1v) is 9.32. The van der Waals surface area contributed by atoms with Crippen LogP contribution in [0, 0.1) is 5.92 Å². The third-order valence-corrected chi connectivity index (χ3v) is 5.45. The van der Waals surface area contributed by atoms with Crippen LogP contribution in [0.15, 0.2) is 42.3 Å². The van der Waals surface area contributed by atoms with Gasteiger partial charge in [0.25, 0.3) is 0 Å². The number of aliphatic hydroxyl groups is 1. The van der Waals surface area contributed by atoms with E-state index in [9.17, 15) is 9.90 Å². The minimum Gasteiger partial charge on any atom is -0.393 e. The molecule has 134 valence electrons. The van der Waals surface area contributed by atoms with Gasteiger partial charge in [-0.05, 0) is 30.9 Å². The van der Waals surface area contributed by atoms with E-state index in [1.807, 2.05) is 19.4 Å². The Balaban J connectivity index is 1.65. The second kappa shape index (κ2) is 6.97. The number of thiazole rings is 1. The zero-order valence-corrected chi connectivity index (χ0v) is 15.1. The number of hydrogen-bond acceptors (Lipinski definition) is 7. The number of rotatable bonds is 6. The molecule has 0 saturated heterocycles. The number of carbonyl (C=O) groups excluding carboxylic acids is 1. The van der Waals surface area contributed by atoms with Crippen LogP contribution in [0.3, 0.4) is 0 Å². The van der Waals surface area contributed by atoms with E-state index in [4.69, 9.17) is 0 Å². The summed E-state index contributed by atoms with van der Waals surface area (Å²) in [6, 6.07) is 3.44. The molecule has 0 bridgehead atoms. The van der Waals surface area contributed by atoms with Gasteiger partial charge in [0.2, 0.25) is 5.78 Å². The quantitative estimate of drug-likeness (QED) is 0.648. The summed E-state index contributed by atoms with van der Waals surface area (Å²) in [6.07, 6.45) is 8.22. The molecule has 0 spiro atoms. The maximum Gasteiger partial charge on any atom is 0.225 e. The average Bonchev–Trinajstić information content (AvgIpc) is 3.29. The Bertz CT molecular complexity index is 902. The summed E-state index contributed by atoms with van der Waals surface area (Å²) in [6.45, 7) is 0. The first-order valence-electron chi connectivity index (χ1n) is 8.44. The van der Waals surface area contributed by atoms with Crippen LogP contribution < -0.4 is 5.32 Å². The van der Waals surface area contributed by atoms with Crippen LogP contribution in [-0.4, -0.2) is 36.7 Å². The molecule has 0 amide bonds. The minimum absolute atomic E-state index is 0.0650. The number of hydrogen-bond donors (Lipinski definition) is 2. The van der Waals surface area contributed by atoms with E-state index in [2.05, 4.69) is 20.4 Å². The summed E-state index contributed by atoms with van der Waals surface area (Å²) in [5.74, 6) is 0.649. The molecule has 1 aliphatic rings. The molecule has 0 radical (unpaired) electrons. The first kappa shape index (κ1) is 16.9. The molecule has 3 aromatic heterocycles. The van der Waals surface area contributed by atoms with Crippen molar-refractivity contribution in [2.45, 2.75) is 25.0 Å². The van der Waals surface area contributed by atoms with Gasteiger partial charge in [-0.1, -0.05) is 0 Å². The molecule has 4 rings (SSSR count). The van der Waals surface area contributed by atoms with Gasteiger partial charge in [-0.15, -0.1) is 11.3 Å². The number of carbonyl (C=O) groups is 1. The van der Waals surface area contributed by atoms with E-state index in [1.165, 1.54) is 11.3 Å². The number of nitrogens with zero attached hydrogens (tertiary/aromatic N) is 4. The largest absolute Gasteiger partial charge is 0.393 e. The van der Waals surface area contributed by atoms with E-state index in [0.29, 0.717) is 16.4 Å². The molecule has 3 heterocycles. The molecule has 0 aliphatic heterocycles. The van der Waals surface area contributed by atoms with Gasteiger partial charge in [-0.2, -0.15) is 5.10 Å². The Kier molecular flexibility index (Phi) is 4.52. The Hall–Kier alpha value is -2.58. The summed E-state index contributed by atoms with van der Waals surface area (Å²) >= 11 is 1.31. The normalized spacial score (nSPS) is 20.4. The third-order valence-electron chi connectivity index (χ3n) is 4.68. The standard InChI is InChI=1S/C18H19N5O2S/c1-23-10-12(9-21-23)15(11-7-13(24)8-11)22-17-14(3-2-4-19-17)16(25)18-20-5-6-26-18/h2-6,9-11,13,15,24H,7-8H2,1H3,(H,19,22)/t11?,13?,15-/m1/s1. The smallest absolute Gasteiger partial charge is 0.225 e. The zero-order valence-electron chi connectivity index (χ0n) is 14.2. The fraction of sp³-hybridized carbons (Fsp3) is 0.333. The molecule has 1 aliphatic carbocycles. The molecule has 8 heteroatoms. The van der Waals surface area contributed by atoms with Gasteiger partial charge in [0, 0.05) is 36.6 Å². The van der Waals surface area contributed by atoms with Crippen LogP contribution >= 0.6 is 11.3 Å². The van der Waals surface area contributed by atoms with E-state index < -0.39 is 0 Å². The molecule has 7 nitrogen and oxygen atoms in total. The van der Waals surface area contributed by atoms with E-state index in [0.717, 1.165) is 18.4 Å². The SMILES string of the molecule is Cn1cc([C@H](Nc2ncccc2C(=O)c2nccs2)C2CC(O)C2)cn1. The van der Waals surface area contributed by atoms with Gasteiger partial charge in [0.1, 0.15) is 5.82 Å². The molecule has 0 aromatic carbocycles. The predicted octanol–water partition coefficient (Wildman–Crippen LogP) is 2.43. The molecular formula is C18H19N5O2S. The number of aryl methyl sites for hydroxylation is 1. The fourth-order valence-corrected chi connectivity index (χ4v) is 3.87. The minimum atomic E-state index is -0.263. The van der Waals surface area contributed by atoms with Gasteiger partial charge >= 0.3 is 0 Å². The van der Waals surface area contributed by atoms with Crippen LogP contribution in [0.25, 0.3) is 0 Å². The summed E-state index contributed by atoms with van der Waals surface area (Å²) in [7, 11) is 1.87. The highest BCUT2D eigenvalue weighted by molar-refractivity contribution is 7.11. The average molecular weight is 369 g/mol. The van der Waals surface area contributed by atoms with Crippen molar-refractivity contribution in [2.75, 3.05) is 5.32 Å². The second-order valence-corrected chi connectivity index (χ2v) is 7.42. The van der Waals surface area contributed by atoms with Crippen LogP contribution in [0.1, 0.15) is 39.8 Å². The van der Waals surface area contributed by atoms with Gasteiger partial charge in [0.15, 0.2) is 5.01 Å². The Morgan fingerprint density at radius 1 is 1.38 bits per heavy atom. The molecule has 3 aromatic rings. The summed E-state index contributed by atoms with van der Waals surface area (Å²) in [5.41, 5.74) is 1.51. The van der Waals surface area contributed by atoms with Gasteiger partial charge in [-0.25, -0.2) is 9.97 Å². The highest BCUT2D eigenvalue weighted by Crippen LogP contribution is 2.40. The van der Waals surface area contributed by atoms with Crippen LogP contribution in [-0.2, 0) is 7.05 Å². The lowest BCUT2D eigenvalue weighted by Gasteiger charge is -2.38. The Labute approximate surface area is 154 Å².